The van der Waals surface area contributed by atoms with Gasteiger partial charge in [-0.1, -0.05) is 0 Å². The summed E-state index contributed by atoms with van der Waals surface area (Å²) in [4.78, 5) is 10.1. The molecular formula is C9H19NO3. The zero-order chi connectivity index (χ0) is 10.3. The van der Waals surface area contributed by atoms with Gasteiger partial charge in [0.05, 0.1) is 19.6 Å². The van der Waals surface area contributed by atoms with E-state index in [1.54, 1.807) is 0 Å². The lowest BCUT2D eigenvalue weighted by molar-refractivity contribution is -0.138. The van der Waals surface area contributed by atoms with Crippen molar-refractivity contribution in [1.29, 1.82) is 0 Å². The molecule has 0 saturated carbocycles. The van der Waals surface area contributed by atoms with Crippen molar-refractivity contribution in [3.8, 4) is 0 Å². The predicted molar refractivity (Wildman–Crippen MR) is 50.8 cm³/mol. The largest absolute Gasteiger partial charge is 0.481 e. The molecule has 0 atom stereocenters. The topological polar surface area (TPSA) is 58.6 Å². The van der Waals surface area contributed by atoms with Gasteiger partial charge in [0.1, 0.15) is 0 Å². The second kappa shape index (κ2) is 5.94. The Bertz CT molecular complexity index is 151. The number of hydrogen-bond acceptors (Lipinski definition) is 3. The number of rotatable bonds is 6. The van der Waals surface area contributed by atoms with Crippen LogP contribution in [0.4, 0.5) is 0 Å². The fourth-order valence-corrected chi connectivity index (χ4v) is 0.760. The molecule has 0 amide bonds. The molecule has 0 aliphatic heterocycles. The van der Waals surface area contributed by atoms with Crippen LogP contribution in [-0.4, -0.2) is 36.4 Å². The van der Waals surface area contributed by atoms with Crippen LogP contribution in [0.2, 0.25) is 0 Å². The molecule has 0 fully saturated rings. The van der Waals surface area contributed by atoms with E-state index in [4.69, 9.17) is 9.84 Å². The Hall–Kier alpha value is -0.610. The molecule has 13 heavy (non-hydrogen) atoms. The Kier molecular flexibility index (Phi) is 5.66. The van der Waals surface area contributed by atoms with Crippen LogP contribution in [0.25, 0.3) is 0 Å². The van der Waals surface area contributed by atoms with E-state index in [0.717, 1.165) is 6.54 Å². The van der Waals surface area contributed by atoms with E-state index in [2.05, 4.69) is 26.1 Å². The van der Waals surface area contributed by atoms with Crippen LogP contribution in [0.3, 0.4) is 0 Å². The fraction of sp³-hybridized carbons (Fsp3) is 0.889. The number of nitrogens with one attached hydrogen (secondary N) is 1. The molecule has 0 spiro atoms. The van der Waals surface area contributed by atoms with Crippen molar-refractivity contribution in [2.24, 2.45) is 0 Å². The molecule has 0 aliphatic rings. The highest BCUT2D eigenvalue weighted by atomic mass is 16.5. The maximum atomic E-state index is 10.1. The number of carbonyl (C=O) groups is 1. The first kappa shape index (κ1) is 12.4. The van der Waals surface area contributed by atoms with E-state index in [9.17, 15) is 4.79 Å². The SMILES string of the molecule is CC(C)(C)NCCOCCC(=O)O. The minimum Gasteiger partial charge on any atom is -0.481 e. The molecule has 0 aromatic carbocycles. The van der Waals surface area contributed by atoms with Gasteiger partial charge in [-0.15, -0.1) is 0 Å². The maximum Gasteiger partial charge on any atom is 0.305 e. The van der Waals surface area contributed by atoms with Gasteiger partial charge in [0, 0.05) is 12.1 Å². The van der Waals surface area contributed by atoms with Crippen LogP contribution in [-0.2, 0) is 9.53 Å². The molecule has 0 saturated heterocycles. The summed E-state index contributed by atoms with van der Waals surface area (Å²) in [5.74, 6) is -0.816. The average Bonchev–Trinajstić information content (AvgIpc) is 1.93. The maximum absolute atomic E-state index is 10.1. The molecule has 0 aliphatic carbocycles. The van der Waals surface area contributed by atoms with Crippen molar-refractivity contribution in [2.45, 2.75) is 32.7 Å². The normalized spacial score (nSPS) is 11.6. The van der Waals surface area contributed by atoms with E-state index in [1.165, 1.54) is 0 Å². The third-order valence-electron chi connectivity index (χ3n) is 1.36. The van der Waals surface area contributed by atoms with E-state index < -0.39 is 5.97 Å². The van der Waals surface area contributed by atoms with Crippen LogP contribution in [0.5, 0.6) is 0 Å². The van der Waals surface area contributed by atoms with E-state index >= 15 is 0 Å². The van der Waals surface area contributed by atoms with Gasteiger partial charge in [-0.05, 0) is 20.8 Å². The Balaban J connectivity index is 3.13. The molecular weight excluding hydrogens is 170 g/mol. The molecule has 2 N–H and O–H groups in total. The molecule has 0 rings (SSSR count). The van der Waals surface area contributed by atoms with Crippen molar-refractivity contribution in [3.05, 3.63) is 0 Å². The molecule has 0 aromatic heterocycles. The van der Waals surface area contributed by atoms with Gasteiger partial charge in [0.2, 0.25) is 0 Å². The van der Waals surface area contributed by atoms with Crippen LogP contribution >= 0.6 is 0 Å². The Morgan fingerprint density at radius 3 is 2.46 bits per heavy atom. The van der Waals surface area contributed by atoms with E-state index in [-0.39, 0.29) is 12.0 Å². The van der Waals surface area contributed by atoms with Crippen molar-refractivity contribution in [1.82, 2.24) is 5.32 Å². The number of ether oxygens (including phenoxy) is 1. The van der Waals surface area contributed by atoms with Crippen molar-refractivity contribution < 1.29 is 14.6 Å². The summed E-state index contributed by atoms with van der Waals surface area (Å²) < 4.78 is 5.10. The van der Waals surface area contributed by atoms with Gasteiger partial charge in [0.15, 0.2) is 0 Å². The molecule has 0 heterocycles. The van der Waals surface area contributed by atoms with Gasteiger partial charge in [-0.25, -0.2) is 0 Å². The zero-order valence-electron chi connectivity index (χ0n) is 8.59. The Labute approximate surface area is 79.3 Å². The second-order valence-corrected chi connectivity index (χ2v) is 3.93. The summed E-state index contributed by atoms with van der Waals surface area (Å²) in [5.41, 5.74) is 0.0934. The van der Waals surface area contributed by atoms with E-state index in [0.29, 0.717) is 13.2 Å². The zero-order valence-corrected chi connectivity index (χ0v) is 8.59. The lowest BCUT2D eigenvalue weighted by atomic mass is 10.1. The summed E-state index contributed by atoms with van der Waals surface area (Å²) in [7, 11) is 0. The smallest absolute Gasteiger partial charge is 0.305 e. The monoisotopic (exact) mass is 189 g/mol. The summed E-state index contributed by atoms with van der Waals surface area (Å²) in [6.07, 6.45) is 0.0789. The number of carboxylic acids is 1. The first-order valence-electron chi connectivity index (χ1n) is 4.46. The number of carboxylic acid groups (broad SMARTS) is 1. The van der Waals surface area contributed by atoms with Gasteiger partial charge in [-0.2, -0.15) is 0 Å². The van der Waals surface area contributed by atoms with Gasteiger partial charge in [-0.3, -0.25) is 4.79 Å². The molecule has 4 heteroatoms. The van der Waals surface area contributed by atoms with Crippen LogP contribution in [0, 0.1) is 0 Å². The molecule has 0 unspecified atom stereocenters. The van der Waals surface area contributed by atoms with Crippen molar-refractivity contribution in [2.75, 3.05) is 19.8 Å². The van der Waals surface area contributed by atoms with Gasteiger partial charge in [0.25, 0.3) is 0 Å². The van der Waals surface area contributed by atoms with Crippen LogP contribution in [0.15, 0.2) is 0 Å². The molecule has 0 bridgehead atoms. The average molecular weight is 189 g/mol. The van der Waals surface area contributed by atoms with Crippen molar-refractivity contribution in [3.63, 3.8) is 0 Å². The summed E-state index contributed by atoms with van der Waals surface area (Å²) >= 11 is 0. The quantitative estimate of drug-likeness (QED) is 0.609. The minimum atomic E-state index is -0.816. The third kappa shape index (κ3) is 11.4. The highest BCUT2D eigenvalue weighted by molar-refractivity contribution is 5.66. The highest BCUT2D eigenvalue weighted by Crippen LogP contribution is 1.96. The molecule has 78 valence electrons. The number of aliphatic carboxylic acids is 1. The highest BCUT2D eigenvalue weighted by Gasteiger charge is 2.07. The lowest BCUT2D eigenvalue weighted by Gasteiger charge is -2.20. The minimum absolute atomic E-state index is 0.0789. The van der Waals surface area contributed by atoms with Crippen LogP contribution < -0.4 is 5.32 Å². The Morgan fingerprint density at radius 1 is 1.38 bits per heavy atom. The summed E-state index contributed by atoms with van der Waals surface area (Å²) in [5, 5.41) is 11.5. The van der Waals surface area contributed by atoms with Gasteiger partial charge < -0.3 is 15.2 Å². The summed E-state index contributed by atoms with van der Waals surface area (Å²) in [6, 6.07) is 0. The van der Waals surface area contributed by atoms with Crippen LogP contribution in [0.1, 0.15) is 27.2 Å². The first-order valence-corrected chi connectivity index (χ1v) is 4.46. The molecule has 0 radical (unpaired) electrons. The molecule has 4 nitrogen and oxygen atoms in total. The Morgan fingerprint density at radius 2 is 2.00 bits per heavy atom. The van der Waals surface area contributed by atoms with E-state index in [1.807, 2.05) is 0 Å². The van der Waals surface area contributed by atoms with Crippen molar-refractivity contribution >= 4 is 5.97 Å². The molecule has 0 aromatic rings. The lowest BCUT2D eigenvalue weighted by Crippen LogP contribution is -2.38. The standard InChI is InChI=1S/C9H19NO3/c1-9(2,3)10-5-7-13-6-4-8(11)12/h10H,4-7H2,1-3H3,(H,11,12). The predicted octanol–water partition coefficient (Wildman–Crippen LogP) is 0.866. The fourth-order valence-electron chi connectivity index (χ4n) is 0.760. The van der Waals surface area contributed by atoms with Gasteiger partial charge >= 0.3 is 5.97 Å². The summed E-state index contributed by atoms with van der Waals surface area (Å²) in [6.45, 7) is 7.83. The number of hydrogen-bond donors (Lipinski definition) is 2. The second-order valence-electron chi connectivity index (χ2n) is 3.93. The third-order valence-corrected chi connectivity index (χ3v) is 1.36. The first-order chi connectivity index (χ1) is 5.92.